The molecule has 4 rings (SSSR count). The molecule has 0 atom stereocenters. The average molecular weight is 407 g/mol. The summed E-state index contributed by atoms with van der Waals surface area (Å²) in [5, 5.41) is 0. The van der Waals surface area contributed by atoms with Crippen molar-refractivity contribution in [3.8, 4) is 5.69 Å². The molecule has 0 spiro atoms. The van der Waals surface area contributed by atoms with Gasteiger partial charge < -0.3 is 9.88 Å². The van der Waals surface area contributed by atoms with Crippen LogP contribution in [-0.4, -0.2) is 34.5 Å². The molecule has 8 heteroatoms. The fourth-order valence-corrected chi connectivity index (χ4v) is 3.81. The van der Waals surface area contributed by atoms with E-state index in [2.05, 4.69) is 21.9 Å². The minimum absolute atomic E-state index is 0.176. The number of nitrogens with one attached hydrogen (secondary N) is 3. The number of hydrogen-bond acceptors (Lipinski definition) is 4. The number of amides is 2. The number of fused-ring (bicyclic) bond motifs is 1. The number of imidazole rings is 1. The number of aryl methyl sites for hydroxylation is 1. The first-order valence-corrected chi connectivity index (χ1v) is 9.82. The summed E-state index contributed by atoms with van der Waals surface area (Å²) in [4.78, 5) is 29.9. The predicted molar refractivity (Wildman–Crippen MR) is 114 cm³/mol. The van der Waals surface area contributed by atoms with E-state index in [-0.39, 0.29) is 12.5 Å². The number of aromatic nitrogens is 2. The van der Waals surface area contributed by atoms with Gasteiger partial charge in [-0.15, -0.1) is 0 Å². The number of carbonyl (C=O) groups is 2. The Labute approximate surface area is 173 Å². The van der Waals surface area contributed by atoms with Crippen LogP contribution in [0.1, 0.15) is 22.5 Å². The molecule has 2 heterocycles. The zero-order chi connectivity index (χ0) is 20.2. The maximum atomic E-state index is 12.6. The van der Waals surface area contributed by atoms with Crippen LogP contribution in [-0.2, 0) is 11.2 Å². The van der Waals surface area contributed by atoms with E-state index in [9.17, 15) is 9.59 Å². The first kappa shape index (κ1) is 18.9. The van der Waals surface area contributed by atoms with Crippen LogP contribution in [0.25, 0.3) is 5.69 Å². The number of aromatic amines is 1. The third-order valence-corrected chi connectivity index (χ3v) is 5.18. The van der Waals surface area contributed by atoms with Crippen LogP contribution in [0.2, 0.25) is 0 Å². The van der Waals surface area contributed by atoms with Gasteiger partial charge in [-0.25, -0.2) is 0 Å². The lowest BCUT2D eigenvalue weighted by Crippen LogP contribution is -2.47. The van der Waals surface area contributed by atoms with Gasteiger partial charge in [0, 0.05) is 24.1 Å². The highest BCUT2D eigenvalue weighted by atomic mass is 32.1. The van der Waals surface area contributed by atoms with Crippen molar-refractivity contribution in [3.05, 3.63) is 76.8 Å². The van der Waals surface area contributed by atoms with Crippen molar-refractivity contribution in [2.24, 2.45) is 0 Å². The average Bonchev–Trinajstić information content (AvgIpc) is 3.14. The van der Waals surface area contributed by atoms with E-state index in [1.807, 2.05) is 53.4 Å². The van der Waals surface area contributed by atoms with Gasteiger partial charge in [-0.1, -0.05) is 36.4 Å². The SMILES string of the molecule is O=C(CN1CCCc2ccccc21)NNC(=O)c1c[nH]c(=S)n1-c1ccccc1. The minimum Gasteiger partial charge on any atom is -0.362 e. The van der Waals surface area contributed by atoms with Crippen molar-refractivity contribution in [2.75, 3.05) is 18.0 Å². The van der Waals surface area contributed by atoms with E-state index >= 15 is 0 Å². The van der Waals surface area contributed by atoms with Crippen molar-refractivity contribution in [1.29, 1.82) is 0 Å². The molecule has 29 heavy (non-hydrogen) atoms. The number of rotatable bonds is 4. The lowest BCUT2D eigenvalue weighted by Gasteiger charge is -2.30. The molecular weight excluding hydrogens is 386 g/mol. The Bertz CT molecular complexity index is 1090. The summed E-state index contributed by atoms with van der Waals surface area (Å²) in [6, 6.07) is 17.4. The van der Waals surface area contributed by atoms with Gasteiger partial charge >= 0.3 is 0 Å². The van der Waals surface area contributed by atoms with Gasteiger partial charge in [-0.2, -0.15) is 0 Å². The summed E-state index contributed by atoms with van der Waals surface area (Å²) < 4.78 is 2.02. The van der Waals surface area contributed by atoms with Crippen LogP contribution in [0.5, 0.6) is 0 Å². The molecule has 2 amide bonds. The number of hydrazine groups is 1. The molecule has 3 aromatic rings. The molecular formula is C21H21N5O2S. The van der Waals surface area contributed by atoms with E-state index in [1.54, 1.807) is 4.57 Å². The van der Waals surface area contributed by atoms with Crippen LogP contribution in [0, 0.1) is 4.77 Å². The van der Waals surface area contributed by atoms with Gasteiger partial charge in [0.05, 0.1) is 6.54 Å². The largest absolute Gasteiger partial charge is 0.362 e. The van der Waals surface area contributed by atoms with Crippen molar-refractivity contribution < 1.29 is 9.59 Å². The van der Waals surface area contributed by atoms with Gasteiger partial charge in [0.15, 0.2) is 4.77 Å². The molecule has 1 aromatic heterocycles. The molecule has 3 N–H and O–H groups in total. The van der Waals surface area contributed by atoms with Crippen LogP contribution in [0.15, 0.2) is 60.8 Å². The number of para-hydroxylation sites is 2. The zero-order valence-corrected chi connectivity index (χ0v) is 16.5. The number of carbonyl (C=O) groups excluding carboxylic acids is 2. The normalized spacial score (nSPS) is 12.9. The Balaban J connectivity index is 1.41. The van der Waals surface area contributed by atoms with E-state index < -0.39 is 5.91 Å². The first-order chi connectivity index (χ1) is 14.1. The lowest BCUT2D eigenvalue weighted by atomic mass is 10.0. The molecule has 0 fully saturated rings. The van der Waals surface area contributed by atoms with E-state index in [0.717, 1.165) is 30.8 Å². The lowest BCUT2D eigenvalue weighted by molar-refractivity contribution is -0.120. The molecule has 0 saturated heterocycles. The maximum Gasteiger partial charge on any atom is 0.288 e. The number of hydrogen-bond donors (Lipinski definition) is 3. The second kappa shape index (κ2) is 8.32. The third kappa shape index (κ3) is 4.07. The summed E-state index contributed by atoms with van der Waals surface area (Å²) in [5.41, 5.74) is 8.38. The highest BCUT2D eigenvalue weighted by molar-refractivity contribution is 7.71. The van der Waals surface area contributed by atoms with Gasteiger partial charge in [-0.05, 0) is 48.8 Å². The Kier molecular flexibility index (Phi) is 5.44. The van der Waals surface area contributed by atoms with E-state index in [1.165, 1.54) is 11.8 Å². The molecule has 0 radical (unpaired) electrons. The molecule has 0 unspecified atom stereocenters. The van der Waals surface area contributed by atoms with Crippen molar-refractivity contribution >= 4 is 29.7 Å². The van der Waals surface area contributed by atoms with Gasteiger partial charge in [0.25, 0.3) is 11.8 Å². The Morgan fingerprint density at radius 1 is 1.03 bits per heavy atom. The van der Waals surface area contributed by atoms with Crippen LogP contribution in [0.3, 0.4) is 0 Å². The highest BCUT2D eigenvalue weighted by Crippen LogP contribution is 2.26. The molecule has 0 saturated carbocycles. The topological polar surface area (TPSA) is 82.2 Å². The van der Waals surface area contributed by atoms with E-state index in [0.29, 0.717) is 10.5 Å². The molecule has 0 bridgehead atoms. The quantitative estimate of drug-likeness (QED) is 0.459. The van der Waals surface area contributed by atoms with Crippen LogP contribution in [0.4, 0.5) is 5.69 Å². The first-order valence-electron chi connectivity index (χ1n) is 9.41. The fraction of sp³-hybridized carbons (Fsp3) is 0.190. The molecule has 148 valence electrons. The molecule has 2 aromatic carbocycles. The van der Waals surface area contributed by atoms with Gasteiger partial charge in [0.2, 0.25) is 0 Å². The van der Waals surface area contributed by atoms with Gasteiger partial charge in [-0.3, -0.25) is 25.0 Å². The summed E-state index contributed by atoms with van der Waals surface area (Å²) in [6.45, 7) is 0.985. The number of nitrogens with zero attached hydrogens (tertiary/aromatic N) is 2. The van der Waals surface area contributed by atoms with Crippen LogP contribution < -0.4 is 15.8 Å². The highest BCUT2D eigenvalue weighted by Gasteiger charge is 2.20. The molecule has 0 aliphatic carbocycles. The monoisotopic (exact) mass is 407 g/mol. The standard InChI is InChI=1S/C21H21N5O2S/c27-19(14-25-12-6-8-15-7-4-5-11-17(15)25)23-24-20(28)18-13-22-21(29)26(18)16-9-2-1-3-10-16/h1-5,7,9-11,13H,6,8,12,14H2,(H,22,29)(H,23,27)(H,24,28). The molecule has 1 aliphatic rings. The second-order valence-corrected chi connectivity index (χ2v) is 7.19. The van der Waals surface area contributed by atoms with Crippen molar-refractivity contribution in [1.82, 2.24) is 20.4 Å². The fourth-order valence-electron chi connectivity index (χ4n) is 3.55. The Hall–Kier alpha value is -3.39. The van der Waals surface area contributed by atoms with E-state index in [4.69, 9.17) is 12.2 Å². The summed E-state index contributed by atoms with van der Waals surface area (Å²) >= 11 is 5.29. The van der Waals surface area contributed by atoms with Crippen molar-refractivity contribution in [2.45, 2.75) is 12.8 Å². The summed E-state index contributed by atoms with van der Waals surface area (Å²) in [7, 11) is 0. The summed E-state index contributed by atoms with van der Waals surface area (Å²) in [5.74, 6) is -0.732. The Morgan fingerprint density at radius 3 is 2.62 bits per heavy atom. The second-order valence-electron chi connectivity index (χ2n) is 6.81. The number of H-pyrrole nitrogens is 1. The smallest absolute Gasteiger partial charge is 0.288 e. The van der Waals surface area contributed by atoms with Crippen molar-refractivity contribution in [3.63, 3.8) is 0 Å². The maximum absolute atomic E-state index is 12.6. The zero-order valence-electron chi connectivity index (χ0n) is 15.7. The summed E-state index contributed by atoms with van der Waals surface area (Å²) in [6.07, 6.45) is 3.54. The molecule has 7 nitrogen and oxygen atoms in total. The van der Waals surface area contributed by atoms with Gasteiger partial charge in [0.1, 0.15) is 5.69 Å². The van der Waals surface area contributed by atoms with Crippen LogP contribution >= 0.6 is 12.2 Å². The third-order valence-electron chi connectivity index (χ3n) is 4.88. The minimum atomic E-state index is -0.450. The predicted octanol–water partition coefficient (Wildman–Crippen LogP) is 2.75. The number of benzene rings is 2. The molecule has 1 aliphatic heterocycles. The number of anilines is 1. The Morgan fingerprint density at radius 2 is 1.79 bits per heavy atom.